The molecule has 0 amide bonds. The molecule has 0 atom stereocenters. The second-order valence-corrected chi connectivity index (χ2v) is 4.45. The van der Waals surface area contributed by atoms with Gasteiger partial charge in [-0.05, 0) is 13.8 Å². The van der Waals surface area contributed by atoms with E-state index in [2.05, 4.69) is 16.3 Å². The standard InChI is InChI=1S/C11H18N4S/c1-4-7-16-8-6-13-11-10(12)9(3)14-15(11)5-2/h1,13H,5-8,12H2,2-3H3. The lowest BCUT2D eigenvalue weighted by molar-refractivity contribution is 0.658. The van der Waals surface area contributed by atoms with Crippen LogP contribution >= 0.6 is 11.8 Å². The van der Waals surface area contributed by atoms with Crippen LogP contribution in [0.15, 0.2) is 0 Å². The lowest BCUT2D eigenvalue weighted by Gasteiger charge is -2.08. The highest BCUT2D eigenvalue weighted by molar-refractivity contribution is 7.99. The summed E-state index contributed by atoms with van der Waals surface area (Å²) in [6.07, 6.45) is 5.17. The molecule has 88 valence electrons. The number of nitrogens with one attached hydrogen (secondary N) is 1. The Morgan fingerprint density at radius 2 is 2.38 bits per heavy atom. The SMILES string of the molecule is C#CCSCCNc1c(N)c(C)nn1CC. The van der Waals surface area contributed by atoms with Crippen LogP contribution in [0.25, 0.3) is 0 Å². The lowest BCUT2D eigenvalue weighted by atomic mass is 10.4. The van der Waals surface area contributed by atoms with Gasteiger partial charge in [-0.25, -0.2) is 4.68 Å². The third-order valence-electron chi connectivity index (χ3n) is 2.20. The first-order chi connectivity index (χ1) is 7.70. The highest BCUT2D eigenvalue weighted by Gasteiger charge is 2.10. The summed E-state index contributed by atoms with van der Waals surface area (Å²) in [6, 6.07) is 0. The third-order valence-corrected chi connectivity index (χ3v) is 3.06. The van der Waals surface area contributed by atoms with E-state index in [1.807, 2.05) is 18.5 Å². The van der Waals surface area contributed by atoms with Crippen LogP contribution in [0.4, 0.5) is 11.5 Å². The molecule has 0 spiro atoms. The zero-order valence-electron chi connectivity index (χ0n) is 9.79. The zero-order chi connectivity index (χ0) is 12.0. The van der Waals surface area contributed by atoms with E-state index in [1.165, 1.54) is 0 Å². The smallest absolute Gasteiger partial charge is 0.148 e. The molecule has 1 aromatic rings. The topological polar surface area (TPSA) is 55.9 Å². The largest absolute Gasteiger partial charge is 0.394 e. The average Bonchev–Trinajstić information content (AvgIpc) is 2.56. The molecule has 0 radical (unpaired) electrons. The predicted octanol–water partition coefficient (Wildman–Crippen LogP) is 1.57. The highest BCUT2D eigenvalue weighted by Crippen LogP contribution is 2.21. The molecule has 1 rings (SSSR count). The Balaban J connectivity index is 2.50. The molecule has 0 bridgehead atoms. The first-order valence-corrected chi connectivity index (χ1v) is 6.44. The molecule has 0 aliphatic carbocycles. The van der Waals surface area contributed by atoms with Crippen LogP contribution in [-0.2, 0) is 6.54 Å². The van der Waals surface area contributed by atoms with Gasteiger partial charge in [-0.2, -0.15) is 5.10 Å². The fourth-order valence-electron chi connectivity index (χ4n) is 1.38. The molecule has 0 saturated heterocycles. The summed E-state index contributed by atoms with van der Waals surface area (Å²) in [6.45, 7) is 5.63. The average molecular weight is 238 g/mol. The Bertz CT molecular complexity index is 378. The zero-order valence-corrected chi connectivity index (χ0v) is 10.6. The van der Waals surface area contributed by atoms with Gasteiger partial charge < -0.3 is 11.1 Å². The van der Waals surface area contributed by atoms with Gasteiger partial charge in [-0.1, -0.05) is 5.92 Å². The van der Waals surface area contributed by atoms with Crippen LogP contribution in [0.5, 0.6) is 0 Å². The monoisotopic (exact) mass is 238 g/mol. The van der Waals surface area contributed by atoms with E-state index < -0.39 is 0 Å². The maximum Gasteiger partial charge on any atom is 0.148 e. The molecule has 0 aromatic carbocycles. The molecular formula is C11H18N4S. The van der Waals surface area contributed by atoms with Crippen molar-refractivity contribution < 1.29 is 0 Å². The van der Waals surface area contributed by atoms with E-state index in [0.29, 0.717) is 0 Å². The Morgan fingerprint density at radius 3 is 3.00 bits per heavy atom. The van der Waals surface area contributed by atoms with E-state index in [9.17, 15) is 0 Å². The Hall–Kier alpha value is -1.28. The number of hydrogen-bond acceptors (Lipinski definition) is 4. The first kappa shape index (κ1) is 12.8. The molecule has 1 aromatic heterocycles. The molecule has 5 heteroatoms. The number of hydrogen-bond donors (Lipinski definition) is 2. The van der Waals surface area contributed by atoms with Crippen LogP contribution in [0, 0.1) is 19.3 Å². The van der Waals surface area contributed by atoms with Crippen molar-refractivity contribution in [1.82, 2.24) is 9.78 Å². The number of anilines is 2. The van der Waals surface area contributed by atoms with Crippen LogP contribution in [0.3, 0.4) is 0 Å². The van der Waals surface area contributed by atoms with Gasteiger partial charge in [0.25, 0.3) is 0 Å². The van der Waals surface area contributed by atoms with Crippen molar-refractivity contribution in [3.8, 4) is 12.3 Å². The number of nitrogens with zero attached hydrogens (tertiary/aromatic N) is 2. The quantitative estimate of drug-likeness (QED) is 0.583. The maximum absolute atomic E-state index is 5.93. The molecular weight excluding hydrogens is 220 g/mol. The summed E-state index contributed by atoms with van der Waals surface area (Å²) in [4.78, 5) is 0. The summed E-state index contributed by atoms with van der Waals surface area (Å²) in [5.74, 6) is 5.24. The van der Waals surface area contributed by atoms with Crippen LogP contribution < -0.4 is 11.1 Å². The van der Waals surface area contributed by atoms with Gasteiger partial charge in [0.1, 0.15) is 5.82 Å². The molecule has 4 nitrogen and oxygen atoms in total. The highest BCUT2D eigenvalue weighted by atomic mass is 32.2. The number of rotatable bonds is 6. The number of aryl methyl sites for hydroxylation is 2. The van der Waals surface area contributed by atoms with Crippen LogP contribution in [0.2, 0.25) is 0 Å². The minimum atomic E-state index is 0.740. The first-order valence-electron chi connectivity index (χ1n) is 5.28. The Labute approximate surface area is 101 Å². The van der Waals surface area contributed by atoms with Crippen LogP contribution in [-0.4, -0.2) is 27.8 Å². The van der Waals surface area contributed by atoms with E-state index in [0.717, 1.165) is 41.8 Å². The van der Waals surface area contributed by atoms with Gasteiger partial charge >= 0.3 is 0 Å². The summed E-state index contributed by atoms with van der Waals surface area (Å²) in [7, 11) is 0. The number of thioether (sulfide) groups is 1. The number of nitrogen functional groups attached to an aromatic ring is 1. The minimum absolute atomic E-state index is 0.740. The molecule has 0 aliphatic heterocycles. The maximum atomic E-state index is 5.93. The van der Waals surface area contributed by atoms with E-state index in [1.54, 1.807) is 11.8 Å². The Morgan fingerprint density at radius 1 is 1.62 bits per heavy atom. The van der Waals surface area contributed by atoms with E-state index in [-0.39, 0.29) is 0 Å². The molecule has 0 fully saturated rings. The second-order valence-electron chi connectivity index (χ2n) is 3.35. The summed E-state index contributed by atoms with van der Waals surface area (Å²) < 4.78 is 1.89. The van der Waals surface area contributed by atoms with E-state index >= 15 is 0 Å². The van der Waals surface area contributed by atoms with Crippen molar-refractivity contribution in [2.24, 2.45) is 0 Å². The fourth-order valence-corrected chi connectivity index (χ4v) is 1.89. The lowest BCUT2D eigenvalue weighted by Crippen LogP contribution is -2.11. The van der Waals surface area contributed by atoms with Crippen molar-refractivity contribution in [2.45, 2.75) is 20.4 Å². The van der Waals surface area contributed by atoms with Crippen molar-refractivity contribution in [3.05, 3.63) is 5.69 Å². The van der Waals surface area contributed by atoms with Crippen molar-refractivity contribution in [1.29, 1.82) is 0 Å². The normalized spacial score (nSPS) is 10.1. The van der Waals surface area contributed by atoms with Crippen molar-refractivity contribution >= 4 is 23.3 Å². The molecule has 16 heavy (non-hydrogen) atoms. The third kappa shape index (κ3) is 3.11. The summed E-state index contributed by atoms with van der Waals surface area (Å²) in [5.41, 5.74) is 7.55. The van der Waals surface area contributed by atoms with Crippen molar-refractivity contribution in [2.75, 3.05) is 29.1 Å². The minimum Gasteiger partial charge on any atom is -0.394 e. The second kappa shape index (κ2) is 6.33. The van der Waals surface area contributed by atoms with E-state index in [4.69, 9.17) is 12.2 Å². The van der Waals surface area contributed by atoms with Gasteiger partial charge in [-0.3, -0.25) is 0 Å². The van der Waals surface area contributed by atoms with Gasteiger partial charge in [0.05, 0.1) is 17.1 Å². The van der Waals surface area contributed by atoms with Gasteiger partial charge in [0, 0.05) is 18.8 Å². The van der Waals surface area contributed by atoms with Gasteiger partial charge in [0.15, 0.2) is 0 Å². The fraction of sp³-hybridized carbons (Fsp3) is 0.545. The van der Waals surface area contributed by atoms with Crippen molar-refractivity contribution in [3.63, 3.8) is 0 Å². The molecule has 1 heterocycles. The molecule has 0 aliphatic rings. The molecule has 3 N–H and O–H groups in total. The molecule has 0 saturated carbocycles. The summed E-state index contributed by atoms with van der Waals surface area (Å²) >= 11 is 1.73. The number of aromatic nitrogens is 2. The predicted molar refractivity (Wildman–Crippen MR) is 71.7 cm³/mol. The van der Waals surface area contributed by atoms with Crippen LogP contribution in [0.1, 0.15) is 12.6 Å². The van der Waals surface area contributed by atoms with Gasteiger partial charge in [0.2, 0.25) is 0 Å². The number of terminal acetylenes is 1. The Kier molecular flexibility index (Phi) is 5.06. The van der Waals surface area contributed by atoms with Gasteiger partial charge in [-0.15, -0.1) is 18.2 Å². The molecule has 0 unspecified atom stereocenters. The summed E-state index contributed by atoms with van der Waals surface area (Å²) in [5, 5.41) is 7.63. The number of nitrogens with two attached hydrogens (primary N) is 1.